The smallest absolute Gasteiger partial charge is 0.442 e. The van der Waals surface area contributed by atoms with Gasteiger partial charge in [-0.1, -0.05) is 12.6 Å². The highest BCUT2D eigenvalue weighted by Crippen LogP contribution is 2.51. The lowest BCUT2D eigenvalue weighted by molar-refractivity contribution is -0.486. The summed E-state index contributed by atoms with van der Waals surface area (Å²) in [6, 6.07) is 1.56. The second-order valence-electron chi connectivity index (χ2n) is 13.8. The van der Waals surface area contributed by atoms with Crippen molar-refractivity contribution in [3.8, 4) is 0 Å². The van der Waals surface area contributed by atoms with Gasteiger partial charge in [0.15, 0.2) is 40.6 Å². The Labute approximate surface area is 322 Å². The molecule has 0 fully saturated rings. The molecule has 0 rings (SSSR count). The molecule has 0 aromatic carbocycles. The molecule has 6 atom stereocenters. The molecule has 0 saturated heterocycles. The van der Waals surface area contributed by atoms with Crippen LogP contribution in [0.25, 0.3) is 0 Å². The van der Waals surface area contributed by atoms with Crippen LogP contribution in [0.4, 0.5) is 70.2 Å². The van der Waals surface area contributed by atoms with Gasteiger partial charge in [0.05, 0.1) is 7.83 Å². The van der Waals surface area contributed by atoms with Crippen LogP contribution >= 0.6 is 0 Å². The second kappa shape index (κ2) is 22.1. The predicted molar refractivity (Wildman–Crippen MR) is 185 cm³/mol. The zero-order valence-electron chi connectivity index (χ0n) is 31.9. The van der Waals surface area contributed by atoms with E-state index in [4.69, 9.17) is 21.8 Å². The fraction of sp³-hybridized carbons (Fsp3) is 1.00. The molecule has 0 aromatic rings. The molecule has 8 nitrogen and oxygen atoms in total. The summed E-state index contributed by atoms with van der Waals surface area (Å²) < 4.78 is 250. The van der Waals surface area contributed by atoms with Crippen molar-refractivity contribution in [2.24, 2.45) is 0 Å². The topological polar surface area (TPSA) is 73.8 Å². The summed E-state index contributed by atoms with van der Waals surface area (Å²) in [7, 11) is -10.6. The lowest BCUT2D eigenvalue weighted by atomic mass is 10.2. The minimum atomic E-state index is -7.18. The van der Waals surface area contributed by atoms with Gasteiger partial charge in [0.25, 0.3) is 9.28 Å². The van der Waals surface area contributed by atoms with Crippen molar-refractivity contribution in [3.05, 3.63) is 0 Å². The highest BCUT2D eigenvalue weighted by molar-refractivity contribution is 7.53. The number of hydrogen-bond acceptors (Lipinski definition) is 8. The van der Waals surface area contributed by atoms with Gasteiger partial charge in [-0.2, -0.15) is 65.9 Å². The van der Waals surface area contributed by atoms with Gasteiger partial charge in [-0.25, -0.2) is 4.39 Å². The van der Waals surface area contributed by atoms with Crippen LogP contribution in [0.5, 0.6) is 0 Å². The van der Waals surface area contributed by atoms with E-state index in [1.54, 1.807) is 0 Å². The predicted octanol–water partition coefficient (Wildman–Crippen LogP) is 8.05. The molecule has 56 heavy (non-hydrogen) atoms. The summed E-state index contributed by atoms with van der Waals surface area (Å²) in [4.78, 5) is 0. The Morgan fingerprint density at radius 2 is 1.11 bits per heavy atom. The van der Waals surface area contributed by atoms with Crippen molar-refractivity contribution in [1.29, 1.82) is 0 Å². The Kier molecular flexibility index (Phi) is 22.0. The highest BCUT2D eigenvalue weighted by Gasteiger charge is 2.78. The van der Waals surface area contributed by atoms with Crippen LogP contribution in [-0.4, -0.2) is 141 Å². The van der Waals surface area contributed by atoms with Gasteiger partial charge in [-0.15, -0.1) is 0 Å². The van der Waals surface area contributed by atoms with Crippen molar-refractivity contribution < 1.29 is 106 Å². The first-order valence-electron chi connectivity index (χ1n) is 16.9. The van der Waals surface area contributed by atoms with Crippen molar-refractivity contribution >= 4 is 50.9 Å². The first kappa shape index (κ1) is 55.9. The maximum absolute atomic E-state index is 14.6. The summed E-state index contributed by atoms with van der Waals surface area (Å²) in [6.07, 6.45) is -26.1. The van der Waals surface area contributed by atoms with Gasteiger partial charge in [0.1, 0.15) is 13.2 Å². The zero-order chi connectivity index (χ0) is 44.2. The third-order valence-electron chi connectivity index (χ3n) is 8.52. The SMILES string of the molecule is CO[SiH](C)[SiH](CC[SiH](O[SiH](C)C)O[Si](C)(C)CCCOCC(F)(OCF)C(F)(F)F)[Si](C)(CCCOCC(F)(OC(F)(F)C(F)(F)C(F)(F)F)C(F)(F)F)OC. The number of alkyl halides is 16. The summed E-state index contributed by atoms with van der Waals surface area (Å²) >= 11 is 0. The van der Waals surface area contributed by atoms with E-state index in [0.717, 1.165) is 0 Å². The molecule has 0 heterocycles. The zero-order valence-corrected chi connectivity index (χ0v) is 38.5. The second-order valence-corrected chi connectivity index (χ2v) is 43.8. The quantitative estimate of drug-likeness (QED) is 0.0444. The lowest BCUT2D eigenvalue weighted by Crippen LogP contribution is -2.60. The Morgan fingerprint density at radius 1 is 0.625 bits per heavy atom. The van der Waals surface area contributed by atoms with Gasteiger partial charge in [-0.3, -0.25) is 4.74 Å². The van der Waals surface area contributed by atoms with E-state index in [-0.39, 0.29) is 25.5 Å². The van der Waals surface area contributed by atoms with E-state index >= 15 is 0 Å². The average molecular weight is 963 g/mol. The van der Waals surface area contributed by atoms with Crippen molar-refractivity contribution in [2.75, 3.05) is 47.5 Å². The summed E-state index contributed by atoms with van der Waals surface area (Å²) in [5.74, 6) is -17.2. The maximum atomic E-state index is 14.6. The number of halogens is 16. The minimum Gasteiger partial charge on any atom is -0.442 e. The van der Waals surface area contributed by atoms with Crippen LogP contribution in [0.1, 0.15) is 12.8 Å². The standard InChI is InChI=1S/C26H50F16O8Si6/c1-43-52(5)54(14-13-53(49-51(3)4)50-55(6,7)15-9-11-45-17-20(28,47-19-27)23(32,33)34)56(8,44-2)16-10-12-46-18-21(29,24(35,36)37)48-26(41,42)22(30,31)25(38,39)40/h51-54H,9-19H2,1-8H3. The van der Waals surface area contributed by atoms with Gasteiger partial charge >= 0.3 is 42.3 Å². The molecule has 0 radical (unpaired) electrons. The summed E-state index contributed by atoms with van der Waals surface area (Å²) in [5.41, 5.74) is 0. The van der Waals surface area contributed by atoms with Crippen LogP contribution in [0.3, 0.4) is 0 Å². The van der Waals surface area contributed by atoms with Gasteiger partial charge in [0.2, 0.25) is 0 Å². The molecule has 0 N–H and O–H groups in total. The van der Waals surface area contributed by atoms with Crippen molar-refractivity contribution in [2.45, 2.75) is 119 Å². The van der Waals surface area contributed by atoms with Crippen LogP contribution < -0.4 is 0 Å². The normalized spacial score (nSPS) is 19.0. The fourth-order valence-corrected chi connectivity index (χ4v) is 46.3. The first-order chi connectivity index (χ1) is 25.1. The van der Waals surface area contributed by atoms with E-state index in [1.807, 2.05) is 39.3 Å². The molecule has 0 aliphatic rings. The highest BCUT2D eigenvalue weighted by atomic mass is 29.6. The first-order valence-corrected chi connectivity index (χ1v) is 34.1. The maximum Gasteiger partial charge on any atom is 0.462 e. The molecule has 0 spiro atoms. The van der Waals surface area contributed by atoms with E-state index in [0.29, 0.717) is 18.1 Å². The molecule has 0 amide bonds. The van der Waals surface area contributed by atoms with E-state index < -0.39 is 120 Å². The molecule has 0 bridgehead atoms. The lowest BCUT2D eigenvalue weighted by Gasteiger charge is -2.37. The molecular formula is C26H50F16O8Si6. The Hall–Kier alpha value is -0.139. The Balaban J connectivity index is 5.65. The van der Waals surface area contributed by atoms with Crippen LogP contribution in [0, 0.1) is 0 Å². The van der Waals surface area contributed by atoms with E-state index in [2.05, 4.69) is 14.2 Å². The van der Waals surface area contributed by atoms with Crippen LogP contribution in [0.15, 0.2) is 0 Å². The molecule has 0 saturated carbocycles. The molecule has 0 aliphatic heterocycles. The number of ether oxygens (including phenoxy) is 4. The molecule has 30 heteroatoms. The van der Waals surface area contributed by atoms with Gasteiger partial charge in [-0.05, 0) is 63.7 Å². The molecular weight excluding hydrogens is 913 g/mol. The molecule has 6 unspecified atom stereocenters. The summed E-state index contributed by atoms with van der Waals surface area (Å²) in [6.45, 7) is 4.05. The van der Waals surface area contributed by atoms with Crippen molar-refractivity contribution in [3.63, 3.8) is 0 Å². The Bertz CT molecular complexity index is 1150. The van der Waals surface area contributed by atoms with Gasteiger partial charge < -0.3 is 31.3 Å². The monoisotopic (exact) mass is 962 g/mol. The third kappa shape index (κ3) is 16.7. The minimum absolute atomic E-state index is 0.158. The molecule has 0 aromatic heterocycles. The van der Waals surface area contributed by atoms with Crippen molar-refractivity contribution in [1.82, 2.24) is 0 Å². The molecule has 338 valence electrons. The van der Waals surface area contributed by atoms with Crippen LogP contribution in [-0.2, 0) is 36.0 Å². The number of hydrogen-bond donors (Lipinski definition) is 0. The van der Waals surface area contributed by atoms with E-state index in [9.17, 15) is 70.2 Å². The third-order valence-corrected chi connectivity index (χ3v) is 48.2. The van der Waals surface area contributed by atoms with Gasteiger partial charge in [0, 0.05) is 27.4 Å². The van der Waals surface area contributed by atoms with Crippen LogP contribution in [0.2, 0.25) is 63.5 Å². The molecule has 0 aliphatic carbocycles. The average Bonchev–Trinajstić information content (AvgIpc) is 3.01. The fourth-order valence-electron chi connectivity index (χ4n) is 5.25. The largest absolute Gasteiger partial charge is 0.462 e. The van der Waals surface area contributed by atoms with E-state index in [1.165, 1.54) is 14.2 Å². The Morgan fingerprint density at radius 3 is 1.52 bits per heavy atom. The summed E-state index contributed by atoms with van der Waals surface area (Å²) in [5, 5.41) is 0. The number of rotatable bonds is 28.